The van der Waals surface area contributed by atoms with Crippen LogP contribution in [-0.4, -0.2) is 34.2 Å². The second-order valence-corrected chi connectivity index (χ2v) is 6.10. The summed E-state index contributed by atoms with van der Waals surface area (Å²) >= 11 is 0. The molecular formula is C13H14F2O3S. The number of halogens is 2. The Morgan fingerprint density at radius 3 is 2.63 bits per heavy atom. The molecular weight excluding hydrogens is 274 g/mol. The predicted molar refractivity (Wildman–Crippen MR) is 67.5 cm³/mol. The van der Waals surface area contributed by atoms with Gasteiger partial charge in [-0.2, -0.15) is 0 Å². The van der Waals surface area contributed by atoms with Gasteiger partial charge in [-0.05, 0) is 25.0 Å². The third kappa shape index (κ3) is 3.67. The molecule has 0 aliphatic carbocycles. The van der Waals surface area contributed by atoms with E-state index in [1.807, 2.05) is 0 Å². The van der Waals surface area contributed by atoms with Crippen LogP contribution in [0.5, 0.6) is 0 Å². The van der Waals surface area contributed by atoms with Crippen molar-refractivity contribution >= 4 is 16.6 Å². The third-order valence-corrected chi connectivity index (χ3v) is 4.81. The lowest BCUT2D eigenvalue weighted by Crippen LogP contribution is -2.28. The predicted octanol–water partition coefficient (Wildman–Crippen LogP) is 2.08. The van der Waals surface area contributed by atoms with Gasteiger partial charge < -0.3 is 4.74 Å². The van der Waals surface area contributed by atoms with Crippen molar-refractivity contribution in [1.82, 2.24) is 0 Å². The van der Waals surface area contributed by atoms with Crippen LogP contribution in [0.15, 0.2) is 18.2 Å². The molecule has 0 aromatic heterocycles. The fraction of sp³-hybridized carbons (Fsp3) is 0.462. The molecule has 1 saturated heterocycles. The van der Waals surface area contributed by atoms with Gasteiger partial charge in [0, 0.05) is 35.3 Å². The monoisotopic (exact) mass is 288 g/mol. The molecule has 0 spiro atoms. The summed E-state index contributed by atoms with van der Waals surface area (Å²) < 4.78 is 43.3. The molecule has 1 aliphatic heterocycles. The Bertz CT molecular complexity index is 499. The smallest absolute Gasteiger partial charge is 0.178 e. The maximum atomic E-state index is 13.4. The van der Waals surface area contributed by atoms with Crippen LogP contribution in [0, 0.1) is 11.6 Å². The molecule has 0 radical (unpaired) electrons. The van der Waals surface area contributed by atoms with E-state index in [0.29, 0.717) is 32.1 Å². The van der Waals surface area contributed by atoms with Crippen LogP contribution in [0.1, 0.15) is 23.2 Å². The van der Waals surface area contributed by atoms with Gasteiger partial charge in [-0.1, -0.05) is 0 Å². The fourth-order valence-electron chi connectivity index (χ4n) is 1.98. The number of ketones is 1. The molecule has 1 fully saturated rings. The van der Waals surface area contributed by atoms with Crippen LogP contribution < -0.4 is 0 Å². The summed E-state index contributed by atoms with van der Waals surface area (Å²) in [6.45, 7) is 1.07. The molecule has 2 rings (SSSR count). The van der Waals surface area contributed by atoms with Gasteiger partial charge in [-0.25, -0.2) is 8.78 Å². The van der Waals surface area contributed by atoms with Gasteiger partial charge in [0.15, 0.2) is 5.78 Å². The number of Topliss-reactive ketones (excluding diaryl/α,β-unsaturated/α-hetero) is 1. The summed E-state index contributed by atoms with van der Waals surface area (Å²) in [5, 5.41) is -0.0822. The van der Waals surface area contributed by atoms with E-state index in [2.05, 4.69) is 0 Å². The minimum absolute atomic E-state index is 0.0822. The molecule has 104 valence electrons. The summed E-state index contributed by atoms with van der Waals surface area (Å²) in [5.74, 6) is -2.43. The molecule has 6 heteroatoms. The summed E-state index contributed by atoms with van der Waals surface area (Å²) in [6.07, 6.45) is 1.29. The number of carbonyl (C=O) groups is 1. The Morgan fingerprint density at radius 2 is 2.00 bits per heavy atom. The van der Waals surface area contributed by atoms with Crippen molar-refractivity contribution in [3.05, 3.63) is 35.4 Å². The summed E-state index contributed by atoms with van der Waals surface area (Å²) in [6, 6.07) is 2.77. The SMILES string of the molecule is O=C(CS(=O)C1CCOCC1)c1ccc(F)cc1F. The molecule has 19 heavy (non-hydrogen) atoms. The summed E-state index contributed by atoms with van der Waals surface area (Å²) in [5.41, 5.74) is -0.207. The van der Waals surface area contributed by atoms with Crippen LogP contribution in [0.3, 0.4) is 0 Å². The van der Waals surface area contributed by atoms with E-state index < -0.39 is 28.2 Å². The highest BCUT2D eigenvalue weighted by molar-refractivity contribution is 7.86. The highest BCUT2D eigenvalue weighted by atomic mass is 32.2. The largest absolute Gasteiger partial charge is 0.381 e. The zero-order chi connectivity index (χ0) is 13.8. The van der Waals surface area contributed by atoms with Crippen LogP contribution >= 0.6 is 0 Å². The van der Waals surface area contributed by atoms with Gasteiger partial charge in [0.1, 0.15) is 11.6 Å². The van der Waals surface area contributed by atoms with Crippen molar-refractivity contribution < 1.29 is 22.5 Å². The number of ether oxygens (including phenoxy) is 1. The van der Waals surface area contributed by atoms with E-state index in [1.165, 1.54) is 0 Å². The van der Waals surface area contributed by atoms with Crippen molar-refractivity contribution in [3.8, 4) is 0 Å². The third-order valence-electron chi connectivity index (χ3n) is 3.05. The molecule has 0 bridgehead atoms. The van der Waals surface area contributed by atoms with E-state index in [-0.39, 0.29) is 16.6 Å². The van der Waals surface area contributed by atoms with Crippen LogP contribution in [0.25, 0.3) is 0 Å². The lowest BCUT2D eigenvalue weighted by Gasteiger charge is -2.21. The van der Waals surface area contributed by atoms with Crippen molar-refractivity contribution in [2.24, 2.45) is 0 Å². The minimum Gasteiger partial charge on any atom is -0.381 e. The second kappa shape index (κ2) is 6.34. The van der Waals surface area contributed by atoms with Crippen molar-refractivity contribution in [1.29, 1.82) is 0 Å². The van der Waals surface area contributed by atoms with Crippen LogP contribution in [0.2, 0.25) is 0 Å². The zero-order valence-electron chi connectivity index (χ0n) is 10.2. The highest BCUT2D eigenvalue weighted by Crippen LogP contribution is 2.16. The van der Waals surface area contributed by atoms with Gasteiger partial charge >= 0.3 is 0 Å². The van der Waals surface area contributed by atoms with E-state index in [4.69, 9.17) is 4.74 Å². The molecule has 1 unspecified atom stereocenters. The van der Waals surface area contributed by atoms with Gasteiger partial charge in [0.25, 0.3) is 0 Å². The van der Waals surface area contributed by atoms with E-state index in [1.54, 1.807) is 0 Å². The van der Waals surface area contributed by atoms with Gasteiger partial charge in [0.05, 0.1) is 11.3 Å². The van der Waals surface area contributed by atoms with E-state index in [9.17, 15) is 17.8 Å². The van der Waals surface area contributed by atoms with E-state index >= 15 is 0 Å². The van der Waals surface area contributed by atoms with Crippen molar-refractivity contribution in [3.63, 3.8) is 0 Å². The Kier molecular flexibility index (Phi) is 4.76. The van der Waals surface area contributed by atoms with Gasteiger partial charge in [-0.3, -0.25) is 9.00 Å². The molecule has 0 N–H and O–H groups in total. The average Bonchev–Trinajstić information content (AvgIpc) is 2.39. The fourth-order valence-corrected chi connectivity index (χ4v) is 3.35. The molecule has 1 heterocycles. The maximum Gasteiger partial charge on any atom is 0.178 e. The van der Waals surface area contributed by atoms with Crippen LogP contribution in [-0.2, 0) is 15.5 Å². The standard InChI is InChI=1S/C13H14F2O3S/c14-9-1-2-11(12(15)7-9)13(16)8-19(17)10-3-5-18-6-4-10/h1-2,7,10H,3-6,8H2. The first-order chi connectivity index (χ1) is 9.08. The van der Waals surface area contributed by atoms with Crippen LogP contribution in [0.4, 0.5) is 8.78 Å². The molecule has 1 aromatic carbocycles. The van der Waals surface area contributed by atoms with Gasteiger partial charge in [0.2, 0.25) is 0 Å². The molecule has 3 nitrogen and oxygen atoms in total. The Balaban J connectivity index is 2.02. The molecule has 0 amide bonds. The Labute approximate surface area is 112 Å². The first-order valence-corrected chi connectivity index (χ1v) is 7.39. The normalized spacial score (nSPS) is 18.2. The average molecular weight is 288 g/mol. The highest BCUT2D eigenvalue weighted by Gasteiger charge is 2.23. The lowest BCUT2D eigenvalue weighted by molar-refractivity contribution is 0.0979. The number of carbonyl (C=O) groups excluding carboxylic acids is 1. The van der Waals surface area contributed by atoms with E-state index in [0.717, 1.165) is 12.1 Å². The Hall–Kier alpha value is -1.14. The zero-order valence-corrected chi connectivity index (χ0v) is 11.1. The lowest BCUT2D eigenvalue weighted by atomic mass is 10.1. The number of hydrogen-bond donors (Lipinski definition) is 0. The van der Waals surface area contributed by atoms with Gasteiger partial charge in [-0.15, -0.1) is 0 Å². The number of benzene rings is 1. The van der Waals surface area contributed by atoms with Crippen molar-refractivity contribution in [2.45, 2.75) is 18.1 Å². The number of rotatable bonds is 4. The molecule has 1 atom stereocenters. The number of hydrogen-bond acceptors (Lipinski definition) is 3. The molecule has 1 aromatic rings. The molecule has 0 saturated carbocycles. The first-order valence-electron chi connectivity index (χ1n) is 6.01. The first kappa shape index (κ1) is 14.3. The second-order valence-electron chi connectivity index (χ2n) is 4.38. The van der Waals surface area contributed by atoms with Crippen molar-refractivity contribution in [2.75, 3.05) is 19.0 Å². The summed E-state index contributed by atoms with van der Waals surface area (Å²) in [4.78, 5) is 11.8. The maximum absolute atomic E-state index is 13.4. The summed E-state index contributed by atoms with van der Waals surface area (Å²) in [7, 11) is -1.34. The Morgan fingerprint density at radius 1 is 1.32 bits per heavy atom. The quantitative estimate of drug-likeness (QED) is 0.797. The topological polar surface area (TPSA) is 43.4 Å². The molecule has 1 aliphatic rings. The minimum atomic E-state index is -1.34.